The Morgan fingerprint density at radius 3 is 2.44 bits per heavy atom. The van der Waals surface area contributed by atoms with Crippen LogP contribution in [0.2, 0.25) is 5.15 Å². The van der Waals surface area contributed by atoms with E-state index in [1.807, 2.05) is 14.1 Å². The average Bonchev–Trinajstić information content (AvgIpc) is 2.19. The van der Waals surface area contributed by atoms with Crippen LogP contribution in [0, 0.1) is 0 Å². The van der Waals surface area contributed by atoms with Crippen LogP contribution in [0.1, 0.15) is 31.3 Å². The summed E-state index contributed by atoms with van der Waals surface area (Å²) in [4.78, 5) is 10.9. The summed E-state index contributed by atoms with van der Waals surface area (Å²) in [5.74, 6) is 1.15. The van der Waals surface area contributed by atoms with Gasteiger partial charge in [-0.15, -0.1) is 0 Å². The van der Waals surface area contributed by atoms with E-state index < -0.39 is 0 Å². The van der Waals surface area contributed by atoms with Crippen molar-refractivity contribution in [3.05, 3.63) is 21.1 Å². The van der Waals surface area contributed by atoms with Crippen molar-refractivity contribution in [2.75, 3.05) is 20.6 Å². The maximum atomic E-state index is 6.07. The first-order chi connectivity index (χ1) is 7.41. The number of rotatable bonds is 4. The summed E-state index contributed by atoms with van der Waals surface area (Å²) in [6, 6.07) is 0. The number of halogens is 2. The van der Waals surface area contributed by atoms with Gasteiger partial charge in [0.1, 0.15) is 11.0 Å². The molecule has 0 spiro atoms. The molecule has 0 aromatic carbocycles. The summed E-state index contributed by atoms with van der Waals surface area (Å²) in [7, 11) is 4.06. The van der Waals surface area contributed by atoms with Gasteiger partial charge in [-0.05, 0) is 35.9 Å². The van der Waals surface area contributed by atoms with Gasteiger partial charge >= 0.3 is 0 Å². The van der Waals surface area contributed by atoms with E-state index in [9.17, 15) is 0 Å². The molecule has 0 unspecified atom stereocenters. The molecule has 0 saturated heterocycles. The van der Waals surface area contributed by atoms with Crippen molar-refractivity contribution in [3.63, 3.8) is 0 Å². The van der Waals surface area contributed by atoms with Crippen LogP contribution in [0.4, 0.5) is 0 Å². The van der Waals surface area contributed by atoms with Crippen molar-refractivity contribution >= 4 is 27.5 Å². The normalized spacial score (nSPS) is 11.5. The van der Waals surface area contributed by atoms with Crippen LogP contribution in [0.25, 0.3) is 0 Å². The second kappa shape index (κ2) is 5.94. The van der Waals surface area contributed by atoms with E-state index in [-0.39, 0.29) is 0 Å². The van der Waals surface area contributed by atoms with Crippen molar-refractivity contribution in [2.24, 2.45) is 0 Å². The fraction of sp³-hybridized carbons (Fsp3) is 0.636. The maximum Gasteiger partial charge on any atom is 0.147 e. The third kappa shape index (κ3) is 3.68. The molecule has 0 bridgehead atoms. The van der Waals surface area contributed by atoms with E-state index in [0.717, 1.165) is 29.0 Å². The third-order valence-corrected chi connectivity index (χ3v) is 3.50. The van der Waals surface area contributed by atoms with Gasteiger partial charge in [0, 0.05) is 13.0 Å². The Morgan fingerprint density at radius 1 is 1.31 bits per heavy atom. The maximum absolute atomic E-state index is 6.07. The highest BCUT2D eigenvalue weighted by atomic mass is 79.9. The second-order valence-corrected chi connectivity index (χ2v) is 5.49. The summed E-state index contributed by atoms with van der Waals surface area (Å²) in [6.45, 7) is 5.12. The predicted molar refractivity (Wildman–Crippen MR) is 71.1 cm³/mol. The van der Waals surface area contributed by atoms with Crippen molar-refractivity contribution in [2.45, 2.75) is 26.2 Å². The third-order valence-electron chi connectivity index (χ3n) is 2.21. The molecule has 1 aromatic rings. The molecule has 90 valence electrons. The molecule has 0 N–H and O–H groups in total. The number of aromatic nitrogens is 2. The molecule has 0 aliphatic heterocycles. The Kier molecular flexibility index (Phi) is 5.15. The lowest BCUT2D eigenvalue weighted by atomic mass is 10.1. The molecule has 1 aromatic heterocycles. The van der Waals surface area contributed by atoms with Crippen LogP contribution in [-0.4, -0.2) is 35.5 Å². The van der Waals surface area contributed by atoms with Crippen LogP contribution < -0.4 is 0 Å². The zero-order valence-corrected chi connectivity index (χ0v) is 12.4. The van der Waals surface area contributed by atoms with Gasteiger partial charge in [-0.25, -0.2) is 9.97 Å². The van der Waals surface area contributed by atoms with Gasteiger partial charge in [0.05, 0.1) is 10.2 Å². The molecule has 16 heavy (non-hydrogen) atoms. The molecule has 1 rings (SSSR count). The van der Waals surface area contributed by atoms with Crippen LogP contribution in [0.3, 0.4) is 0 Å². The van der Waals surface area contributed by atoms with Gasteiger partial charge in [-0.2, -0.15) is 0 Å². The highest BCUT2D eigenvalue weighted by Crippen LogP contribution is 2.28. The van der Waals surface area contributed by atoms with Crippen molar-refractivity contribution < 1.29 is 0 Å². The van der Waals surface area contributed by atoms with E-state index in [4.69, 9.17) is 11.6 Å². The van der Waals surface area contributed by atoms with E-state index >= 15 is 0 Å². The standard InChI is InChI=1S/C11H17BrClN3/c1-7(2)10-9(12)11(13)15-8(14-10)5-6-16(3)4/h7H,5-6H2,1-4H3. The second-order valence-electron chi connectivity index (χ2n) is 4.34. The van der Waals surface area contributed by atoms with Crippen LogP contribution >= 0.6 is 27.5 Å². The minimum Gasteiger partial charge on any atom is -0.309 e. The average molecular weight is 307 g/mol. The highest BCUT2D eigenvalue weighted by Gasteiger charge is 2.13. The minimum atomic E-state index is 0.341. The zero-order valence-electron chi connectivity index (χ0n) is 10.1. The Hall–Kier alpha value is -0.190. The summed E-state index contributed by atoms with van der Waals surface area (Å²) < 4.78 is 0.817. The number of nitrogens with zero attached hydrogens (tertiary/aromatic N) is 3. The minimum absolute atomic E-state index is 0.341. The van der Waals surface area contributed by atoms with Gasteiger partial charge < -0.3 is 4.90 Å². The quantitative estimate of drug-likeness (QED) is 0.800. The smallest absolute Gasteiger partial charge is 0.147 e. The first-order valence-corrected chi connectivity index (χ1v) is 6.45. The van der Waals surface area contributed by atoms with Crippen molar-refractivity contribution in [1.82, 2.24) is 14.9 Å². The molecule has 1 heterocycles. The molecule has 0 amide bonds. The Labute approximate surface area is 110 Å². The Balaban J connectivity index is 2.95. The molecule has 0 radical (unpaired) electrons. The van der Waals surface area contributed by atoms with Gasteiger partial charge in [0.25, 0.3) is 0 Å². The SMILES string of the molecule is CC(C)c1nc(CCN(C)C)nc(Cl)c1Br. The summed E-state index contributed by atoms with van der Waals surface area (Å²) in [5, 5.41) is 0.507. The first-order valence-electron chi connectivity index (χ1n) is 5.28. The van der Waals surface area contributed by atoms with E-state index in [1.165, 1.54) is 0 Å². The summed E-state index contributed by atoms with van der Waals surface area (Å²) in [6.07, 6.45) is 0.819. The van der Waals surface area contributed by atoms with E-state index in [1.54, 1.807) is 0 Å². The molecule has 0 fully saturated rings. The predicted octanol–water partition coefficient (Wildman–Crippen LogP) is 3.12. The first kappa shape index (κ1) is 13.9. The van der Waals surface area contributed by atoms with Gasteiger partial charge in [0.15, 0.2) is 0 Å². The molecule has 0 aliphatic rings. The zero-order chi connectivity index (χ0) is 12.3. The van der Waals surface area contributed by atoms with Crippen molar-refractivity contribution in [1.29, 1.82) is 0 Å². The van der Waals surface area contributed by atoms with E-state index in [0.29, 0.717) is 11.1 Å². The largest absolute Gasteiger partial charge is 0.309 e. The number of hydrogen-bond donors (Lipinski definition) is 0. The fourth-order valence-corrected chi connectivity index (χ4v) is 2.13. The lowest BCUT2D eigenvalue weighted by Crippen LogP contribution is -2.17. The Bertz CT molecular complexity index is 366. The molecular weight excluding hydrogens is 289 g/mol. The molecule has 0 aliphatic carbocycles. The Morgan fingerprint density at radius 2 is 1.94 bits per heavy atom. The summed E-state index contributed by atoms with van der Waals surface area (Å²) in [5.41, 5.74) is 0.980. The molecule has 5 heteroatoms. The monoisotopic (exact) mass is 305 g/mol. The van der Waals surface area contributed by atoms with Crippen LogP contribution in [-0.2, 0) is 6.42 Å². The lowest BCUT2D eigenvalue weighted by molar-refractivity contribution is 0.409. The van der Waals surface area contributed by atoms with Crippen molar-refractivity contribution in [3.8, 4) is 0 Å². The number of hydrogen-bond acceptors (Lipinski definition) is 3. The molecular formula is C11H17BrClN3. The highest BCUT2D eigenvalue weighted by molar-refractivity contribution is 9.10. The summed E-state index contributed by atoms with van der Waals surface area (Å²) >= 11 is 9.49. The fourth-order valence-electron chi connectivity index (χ4n) is 1.30. The lowest BCUT2D eigenvalue weighted by Gasteiger charge is -2.12. The molecule has 3 nitrogen and oxygen atoms in total. The molecule has 0 saturated carbocycles. The molecule has 0 atom stereocenters. The van der Waals surface area contributed by atoms with Gasteiger partial charge in [-0.1, -0.05) is 25.4 Å². The van der Waals surface area contributed by atoms with Gasteiger partial charge in [-0.3, -0.25) is 0 Å². The van der Waals surface area contributed by atoms with Crippen LogP contribution in [0.15, 0.2) is 4.47 Å². The van der Waals surface area contributed by atoms with Gasteiger partial charge in [0.2, 0.25) is 0 Å². The van der Waals surface area contributed by atoms with E-state index in [2.05, 4.69) is 44.6 Å². The van der Waals surface area contributed by atoms with Crippen LogP contribution in [0.5, 0.6) is 0 Å². The topological polar surface area (TPSA) is 29.0 Å². The number of likely N-dealkylation sites (N-methyl/N-ethyl adjacent to an activating group) is 1.